The number of piperazine rings is 1. The van der Waals surface area contributed by atoms with Crippen LogP contribution in [0.4, 0.5) is 31.1 Å². The zero-order valence-corrected chi connectivity index (χ0v) is 15.8. The summed E-state index contributed by atoms with van der Waals surface area (Å²) in [6.45, 7) is 0.180. The van der Waals surface area contributed by atoms with Gasteiger partial charge in [-0.15, -0.1) is 0 Å². The Morgan fingerprint density at radius 1 is 0.871 bits per heavy atom. The van der Waals surface area contributed by atoms with Crippen LogP contribution in [0, 0.1) is 0 Å². The van der Waals surface area contributed by atoms with E-state index in [0.29, 0.717) is 17.7 Å². The molecule has 0 spiro atoms. The van der Waals surface area contributed by atoms with Gasteiger partial charge in [0.1, 0.15) is 6.54 Å². The first-order valence-electron chi connectivity index (χ1n) is 8.99. The van der Waals surface area contributed by atoms with Crippen molar-refractivity contribution in [3.05, 3.63) is 59.2 Å². The van der Waals surface area contributed by atoms with Crippen molar-refractivity contribution >= 4 is 12.0 Å². The monoisotopic (exact) mass is 446 g/mol. The molecule has 1 aliphatic heterocycles. The highest BCUT2D eigenvalue weighted by atomic mass is 19.4. The zero-order chi connectivity index (χ0) is 23.0. The summed E-state index contributed by atoms with van der Waals surface area (Å²) in [5.74, 6) is -0.398. The molecule has 11 heteroatoms. The van der Waals surface area contributed by atoms with Gasteiger partial charge >= 0.3 is 18.4 Å². The van der Waals surface area contributed by atoms with Crippen LogP contribution in [-0.2, 0) is 23.7 Å². The third kappa shape index (κ3) is 5.28. The summed E-state index contributed by atoms with van der Waals surface area (Å²) in [5.41, 5.74) is -2.28. The van der Waals surface area contributed by atoms with E-state index in [0.717, 1.165) is 4.90 Å². The molecule has 2 aromatic carbocycles. The van der Waals surface area contributed by atoms with Crippen LogP contribution >= 0.6 is 0 Å². The van der Waals surface area contributed by atoms with Crippen molar-refractivity contribution in [3.8, 4) is 11.1 Å². The fourth-order valence-electron chi connectivity index (χ4n) is 3.18. The molecule has 0 unspecified atom stereocenters. The van der Waals surface area contributed by atoms with Gasteiger partial charge in [0, 0.05) is 19.6 Å². The first-order valence-corrected chi connectivity index (χ1v) is 8.99. The van der Waals surface area contributed by atoms with E-state index in [9.17, 15) is 35.9 Å². The van der Waals surface area contributed by atoms with E-state index in [2.05, 4.69) is 0 Å². The van der Waals surface area contributed by atoms with Crippen LogP contribution in [0.1, 0.15) is 16.7 Å². The van der Waals surface area contributed by atoms with Gasteiger partial charge in [-0.1, -0.05) is 24.3 Å². The molecule has 0 aromatic heterocycles. The van der Waals surface area contributed by atoms with E-state index in [1.807, 2.05) is 0 Å². The van der Waals surface area contributed by atoms with Gasteiger partial charge in [0.25, 0.3) is 0 Å². The normalized spacial score (nSPS) is 15.4. The number of benzene rings is 2. The predicted molar refractivity (Wildman–Crippen MR) is 96.9 cm³/mol. The Labute approximate surface area is 172 Å². The van der Waals surface area contributed by atoms with Gasteiger partial charge < -0.3 is 10.0 Å². The largest absolute Gasteiger partial charge is 0.465 e. The number of nitrogens with zero attached hydrogens (tertiary/aromatic N) is 2. The third-order valence-electron chi connectivity index (χ3n) is 4.84. The highest BCUT2D eigenvalue weighted by Gasteiger charge is 2.37. The predicted octanol–water partition coefficient (Wildman–Crippen LogP) is 4.71. The summed E-state index contributed by atoms with van der Waals surface area (Å²) in [5, 5.41) is 8.92. The third-order valence-corrected chi connectivity index (χ3v) is 4.84. The quantitative estimate of drug-likeness (QED) is 0.695. The number of alkyl halides is 6. The van der Waals surface area contributed by atoms with Crippen molar-refractivity contribution in [1.82, 2.24) is 9.80 Å². The fourth-order valence-corrected chi connectivity index (χ4v) is 3.18. The molecule has 1 heterocycles. The standard InChI is InChI=1S/C20H16F6N2O3/c21-19(22,23)15-7-14(8-16(9-15)20(24,25)26)13-3-1-12(2-4-13)10-27-5-6-28(18(30)31)11-17(27)29/h1-4,7-9H,5-6,10-11H2,(H,30,31). The second-order valence-corrected chi connectivity index (χ2v) is 7.01. The maximum atomic E-state index is 13.0. The molecule has 2 amide bonds. The topological polar surface area (TPSA) is 60.9 Å². The number of carbonyl (C=O) groups is 2. The number of halogens is 6. The lowest BCUT2D eigenvalue weighted by molar-refractivity contribution is -0.143. The number of hydrogen-bond donors (Lipinski definition) is 1. The van der Waals surface area contributed by atoms with Crippen molar-refractivity contribution < 1.29 is 41.0 Å². The Morgan fingerprint density at radius 2 is 1.42 bits per heavy atom. The van der Waals surface area contributed by atoms with Gasteiger partial charge in [0.2, 0.25) is 5.91 Å². The number of rotatable bonds is 3. The number of hydrogen-bond acceptors (Lipinski definition) is 2. The van der Waals surface area contributed by atoms with E-state index in [-0.39, 0.29) is 43.4 Å². The second-order valence-electron chi connectivity index (χ2n) is 7.01. The minimum Gasteiger partial charge on any atom is -0.465 e. The van der Waals surface area contributed by atoms with Crippen LogP contribution in [0.15, 0.2) is 42.5 Å². The Bertz CT molecular complexity index is 954. The van der Waals surface area contributed by atoms with Crippen LogP contribution < -0.4 is 0 Å². The van der Waals surface area contributed by atoms with E-state index >= 15 is 0 Å². The molecule has 0 bridgehead atoms. The average Bonchev–Trinajstić information content (AvgIpc) is 2.68. The fraction of sp³-hybridized carbons (Fsp3) is 0.300. The summed E-state index contributed by atoms with van der Waals surface area (Å²) >= 11 is 0. The van der Waals surface area contributed by atoms with Gasteiger partial charge in [-0.2, -0.15) is 26.3 Å². The lowest BCUT2D eigenvalue weighted by Gasteiger charge is -2.32. The van der Waals surface area contributed by atoms with Crippen LogP contribution in [0.25, 0.3) is 11.1 Å². The van der Waals surface area contributed by atoms with Crippen LogP contribution in [-0.4, -0.2) is 46.5 Å². The number of carbonyl (C=O) groups excluding carboxylic acids is 1. The Balaban J connectivity index is 1.82. The van der Waals surface area contributed by atoms with Crippen LogP contribution in [0.2, 0.25) is 0 Å². The Kier molecular flexibility index (Phi) is 5.88. The summed E-state index contributed by atoms with van der Waals surface area (Å²) < 4.78 is 78.3. The molecule has 0 atom stereocenters. The van der Waals surface area contributed by atoms with E-state index in [1.165, 1.54) is 29.2 Å². The molecule has 1 N–H and O–H groups in total. The zero-order valence-electron chi connectivity index (χ0n) is 15.8. The van der Waals surface area contributed by atoms with Crippen LogP contribution in [0.5, 0.6) is 0 Å². The van der Waals surface area contributed by atoms with E-state index in [4.69, 9.17) is 5.11 Å². The molecule has 5 nitrogen and oxygen atoms in total. The van der Waals surface area contributed by atoms with Crippen molar-refractivity contribution in [1.29, 1.82) is 0 Å². The summed E-state index contributed by atoms with van der Waals surface area (Å²) in [7, 11) is 0. The molecule has 166 valence electrons. The highest BCUT2D eigenvalue weighted by molar-refractivity contribution is 5.83. The molecule has 1 aliphatic rings. The molecule has 31 heavy (non-hydrogen) atoms. The molecule has 1 fully saturated rings. The van der Waals surface area contributed by atoms with Gasteiger partial charge in [-0.25, -0.2) is 4.79 Å². The van der Waals surface area contributed by atoms with E-state index < -0.39 is 35.5 Å². The van der Waals surface area contributed by atoms with Crippen molar-refractivity contribution in [3.63, 3.8) is 0 Å². The maximum Gasteiger partial charge on any atom is 0.416 e. The van der Waals surface area contributed by atoms with Gasteiger partial charge in [0.15, 0.2) is 0 Å². The van der Waals surface area contributed by atoms with Crippen molar-refractivity contribution in [2.24, 2.45) is 0 Å². The smallest absolute Gasteiger partial charge is 0.416 e. The molecule has 2 aromatic rings. The lowest BCUT2D eigenvalue weighted by Crippen LogP contribution is -2.51. The molecule has 1 saturated heterocycles. The molecular weight excluding hydrogens is 430 g/mol. The number of amides is 2. The maximum absolute atomic E-state index is 13.0. The molecule has 0 radical (unpaired) electrons. The van der Waals surface area contributed by atoms with E-state index in [1.54, 1.807) is 0 Å². The number of carboxylic acid groups (broad SMARTS) is 1. The summed E-state index contributed by atoms with van der Waals surface area (Å²) in [6, 6.07) is 7.13. The summed E-state index contributed by atoms with van der Waals surface area (Å²) in [4.78, 5) is 25.4. The van der Waals surface area contributed by atoms with Gasteiger partial charge in [-0.3, -0.25) is 9.69 Å². The molecule has 3 rings (SSSR count). The van der Waals surface area contributed by atoms with Crippen molar-refractivity contribution in [2.75, 3.05) is 19.6 Å². The van der Waals surface area contributed by atoms with Gasteiger partial charge in [-0.05, 0) is 34.9 Å². The average molecular weight is 446 g/mol. The SMILES string of the molecule is O=C(O)N1CCN(Cc2ccc(-c3cc(C(F)(F)F)cc(C(F)(F)F)c3)cc2)C(=O)C1. The molecule has 0 saturated carbocycles. The first kappa shape index (κ1) is 22.4. The lowest BCUT2D eigenvalue weighted by atomic mass is 9.98. The summed E-state index contributed by atoms with van der Waals surface area (Å²) in [6.07, 6.45) is -11.1. The van der Waals surface area contributed by atoms with Crippen molar-refractivity contribution in [2.45, 2.75) is 18.9 Å². The Hall–Kier alpha value is -3.24. The van der Waals surface area contributed by atoms with Gasteiger partial charge in [0.05, 0.1) is 11.1 Å². The Morgan fingerprint density at radius 3 is 1.87 bits per heavy atom. The minimum absolute atomic E-state index is 0.0697. The highest BCUT2D eigenvalue weighted by Crippen LogP contribution is 2.38. The minimum atomic E-state index is -4.94. The first-order chi connectivity index (χ1) is 14.3. The molecular formula is C20H16F6N2O3. The second kappa shape index (κ2) is 8.12. The molecule has 0 aliphatic carbocycles. The van der Waals surface area contributed by atoms with Crippen LogP contribution in [0.3, 0.4) is 0 Å².